The molecular weight excluding hydrogens is 236 g/mol. The molecular formula is C15H22N4. The van der Waals surface area contributed by atoms with Crippen LogP contribution in [0.4, 0.5) is 5.82 Å². The summed E-state index contributed by atoms with van der Waals surface area (Å²) < 4.78 is 0. The summed E-state index contributed by atoms with van der Waals surface area (Å²) in [6.45, 7) is 8.44. The van der Waals surface area contributed by atoms with Gasteiger partial charge in [-0.25, -0.2) is 4.98 Å². The summed E-state index contributed by atoms with van der Waals surface area (Å²) >= 11 is 0. The smallest absolute Gasteiger partial charge is 0.127 e. The van der Waals surface area contributed by atoms with Gasteiger partial charge in [-0.1, -0.05) is 13.8 Å². The van der Waals surface area contributed by atoms with Crippen LogP contribution in [0, 0.1) is 23.7 Å². The predicted octanol–water partition coefficient (Wildman–Crippen LogP) is 2.45. The van der Waals surface area contributed by atoms with Crippen LogP contribution in [-0.4, -0.2) is 24.1 Å². The van der Waals surface area contributed by atoms with E-state index in [1.807, 2.05) is 13.0 Å². The maximum atomic E-state index is 8.97. The highest BCUT2D eigenvalue weighted by molar-refractivity contribution is 5.44. The zero-order valence-corrected chi connectivity index (χ0v) is 12.0. The first-order valence-electron chi connectivity index (χ1n) is 6.87. The van der Waals surface area contributed by atoms with Gasteiger partial charge in [-0.2, -0.15) is 5.26 Å². The molecule has 0 saturated carbocycles. The first kappa shape index (κ1) is 13.8. The second kappa shape index (κ2) is 5.58. The lowest BCUT2D eigenvalue weighted by Gasteiger charge is -2.39. The molecule has 19 heavy (non-hydrogen) atoms. The number of nitrogens with one attached hydrogen (secondary N) is 2. The number of aryl methyl sites for hydroxylation is 1. The van der Waals surface area contributed by atoms with Crippen molar-refractivity contribution in [3.05, 3.63) is 23.4 Å². The third-order valence-corrected chi connectivity index (χ3v) is 3.90. The molecule has 102 valence electrons. The molecule has 2 N–H and O–H groups in total. The van der Waals surface area contributed by atoms with Gasteiger partial charge in [0.05, 0.1) is 11.6 Å². The van der Waals surface area contributed by atoms with E-state index in [0.717, 1.165) is 24.6 Å². The van der Waals surface area contributed by atoms with E-state index < -0.39 is 0 Å². The number of aromatic nitrogens is 1. The van der Waals surface area contributed by atoms with Crippen LogP contribution in [0.3, 0.4) is 0 Å². The Kier molecular flexibility index (Phi) is 4.06. The van der Waals surface area contributed by atoms with Gasteiger partial charge in [-0.05, 0) is 43.9 Å². The van der Waals surface area contributed by atoms with Crippen molar-refractivity contribution >= 4 is 5.82 Å². The molecule has 1 aromatic heterocycles. The summed E-state index contributed by atoms with van der Waals surface area (Å²) in [6.07, 6.45) is 2.49. The van der Waals surface area contributed by atoms with Gasteiger partial charge in [0.25, 0.3) is 0 Å². The number of rotatable bonds is 3. The van der Waals surface area contributed by atoms with Crippen LogP contribution >= 0.6 is 0 Å². The number of hydrogen-bond acceptors (Lipinski definition) is 4. The van der Waals surface area contributed by atoms with Crippen molar-refractivity contribution in [1.82, 2.24) is 10.3 Å². The van der Waals surface area contributed by atoms with E-state index >= 15 is 0 Å². The molecule has 0 aliphatic carbocycles. The molecule has 0 amide bonds. The Balaban J connectivity index is 2.02. The van der Waals surface area contributed by atoms with Gasteiger partial charge in [0, 0.05) is 18.3 Å². The third-order valence-electron chi connectivity index (χ3n) is 3.90. The monoisotopic (exact) mass is 258 g/mol. The second-order valence-electron chi connectivity index (χ2n) is 5.97. The van der Waals surface area contributed by atoms with Crippen LogP contribution in [0.15, 0.2) is 12.1 Å². The molecule has 1 atom stereocenters. The lowest BCUT2D eigenvalue weighted by Crippen LogP contribution is -2.50. The summed E-state index contributed by atoms with van der Waals surface area (Å²) in [5.74, 6) is 0.791. The molecule has 1 fully saturated rings. The molecule has 4 nitrogen and oxygen atoms in total. The molecule has 4 heteroatoms. The Morgan fingerprint density at radius 1 is 1.53 bits per heavy atom. The highest BCUT2D eigenvalue weighted by Gasteiger charge is 2.31. The maximum Gasteiger partial charge on any atom is 0.127 e. The van der Waals surface area contributed by atoms with Gasteiger partial charge in [-0.3, -0.25) is 0 Å². The fourth-order valence-corrected chi connectivity index (χ4v) is 2.65. The number of hydrogen-bond donors (Lipinski definition) is 2. The van der Waals surface area contributed by atoms with Crippen LogP contribution < -0.4 is 10.6 Å². The fourth-order valence-electron chi connectivity index (χ4n) is 2.65. The lowest BCUT2D eigenvalue weighted by molar-refractivity contribution is 0.188. The van der Waals surface area contributed by atoms with Gasteiger partial charge >= 0.3 is 0 Å². The second-order valence-corrected chi connectivity index (χ2v) is 5.97. The number of pyridine rings is 1. The number of anilines is 1. The molecule has 2 rings (SSSR count). The molecule has 0 spiro atoms. The average molecular weight is 258 g/mol. The Morgan fingerprint density at radius 3 is 3.00 bits per heavy atom. The first-order valence-corrected chi connectivity index (χ1v) is 6.87. The van der Waals surface area contributed by atoms with Gasteiger partial charge in [-0.15, -0.1) is 0 Å². The molecule has 2 heterocycles. The summed E-state index contributed by atoms with van der Waals surface area (Å²) in [5, 5.41) is 15.9. The minimum absolute atomic E-state index is 0.299. The fraction of sp³-hybridized carbons (Fsp3) is 0.600. The van der Waals surface area contributed by atoms with Gasteiger partial charge in [0.2, 0.25) is 0 Å². The van der Waals surface area contributed by atoms with Crippen molar-refractivity contribution in [3.63, 3.8) is 0 Å². The summed E-state index contributed by atoms with van der Waals surface area (Å²) in [4.78, 5) is 4.42. The Bertz CT molecular complexity index is 487. The van der Waals surface area contributed by atoms with Crippen LogP contribution in [0.25, 0.3) is 0 Å². The number of piperidine rings is 1. The Morgan fingerprint density at radius 2 is 2.32 bits per heavy atom. The quantitative estimate of drug-likeness (QED) is 0.874. The SMILES string of the molecule is Cc1cc(C#N)cc(NCC2NCCCC2(C)C)n1. The minimum atomic E-state index is 0.299. The average Bonchev–Trinajstić information content (AvgIpc) is 2.36. The highest BCUT2D eigenvalue weighted by atomic mass is 15.0. The largest absolute Gasteiger partial charge is 0.368 e. The lowest BCUT2D eigenvalue weighted by atomic mass is 9.77. The van der Waals surface area contributed by atoms with Crippen LogP contribution in [0.5, 0.6) is 0 Å². The van der Waals surface area contributed by atoms with E-state index in [0.29, 0.717) is 17.0 Å². The Hall–Kier alpha value is -1.60. The van der Waals surface area contributed by atoms with Crippen molar-refractivity contribution in [3.8, 4) is 6.07 Å². The highest BCUT2D eigenvalue weighted by Crippen LogP contribution is 2.30. The zero-order valence-electron chi connectivity index (χ0n) is 12.0. The predicted molar refractivity (Wildman–Crippen MR) is 77.0 cm³/mol. The van der Waals surface area contributed by atoms with E-state index in [-0.39, 0.29) is 0 Å². The van der Waals surface area contributed by atoms with Gasteiger partial charge < -0.3 is 10.6 Å². The third kappa shape index (κ3) is 3.45. The molecule has 1 unspecified atom stereocenters. The van der Waals surface area contributed by atoms with Crippen LogP contribution in [0.2, 0.25) is 0 Å². The van der Waals surface area contributed by atoms with Crippen molar-refractivity contribution in [2.24, 2.45) is 5.41 Å². The Labute approximate surface area is 115 Å². The van der Waals surface area contributed by atoms with Gasteiger partial charge in [0.15, 0.2) is 0 Å². The molecule has 1 aliphatic heterocycles. The maximum absolute atomic E-state index is 8.97. The molecule has 1 aliphatic rings. The molecule has 0 bridgehead atoms. The van der Waals surface area contributed by atoms with Gasteiger partial charge in [0.1, 0.15) is 5.82 Å². The molecule has 1 saturated heterocycles. The summed E-state index contributed by atoms with van der Waals surface area (Å²) in [5.41, 5.74) is 1.83. The first-order chi connectivity index (χ1) is 9.01. The number of nitrogens with zero attached hydrogens (tertiary/aromatic N) is 2. The number of nitriles is 1. The normalized spacial score (nSPS) is 21.7. The zero-order chi connectivity index (χ0) is 13.9. The summed E-state index contributed by atoms with van der Waals surface area (Å²) in [6, 6.07) is 6.21. The van der Waals surface area contributed by atoms with E-state index in [1.165, 1.54) is 12.8 Å². The standard InChI is InChI=1S/C15H22N4/c1-11-7-12(9-16)8-14(19-11)18-10-13-15(2,3)5-4-6-17-13/h7-8,13,17H,4-6,10H2,1-3H3,(H,18,19). The van der Waals surface area contributed by atoms with E-state index in [1.54, 1.807) is 6.07 Å². The van der Waals surface area contributed by atoms with E-state index in [2.05, 4.69) is 35.5 Å². The van der Waals surface area contributed by atoms with Crippen LogP contribution in [-0.2, 0) is 0 Å². The van der Waals surface area contributed by atoms with E-state index in [9.17, 15) is 0 Å². The van der Waals surface area contributed by atoms with E-state index in [4.69, 9.17) is 5.26 Å². The topological polar surface area (TPSA) is 60.7 Å². The van der Waals surface area contributed by atoms with Crippen molar-refractivity contribution in [1.29, 1.82) is 5.26 Å². The molecule has 1 aromatic rings. The van der Waals surface area contributed by atoms with Crippen LogP contribution in [0.1, 0.15) is 37.9 Å². The van der Waals surface area contributed by atoms with Crippen molar-refractivity contribution < 1.29 is 0 Å². The molecule has 0 aromatic carbocycles. The summed E-state index contributed by atoms with van der Waals surface area (Å²) in [7, 11) is 0. The van der Waals surface area contributed by atoms with Crippen molar-refractivity contribution in [2.75, 3.05) is 18.4 Å². The minimum Gasteiger partial charge on any atom is -0.368 e. The van der Waals surface area contributed by atoms with Crippen molar-refractivity contribution in [2.45, 2.75) is 39.7 Å². The molecule has 0 radical (unpaired) electrons.